The lowest BCUT2D eigenvalue weighted by Crippen LogP contribution is -2.26. The molecular weight excluding hydrogens is 394 g/mol. The van der Waals surface area contributed by atoms with Gasteiger partial charge in [0.2, 0.25) is 0 Å². The van der Waals surface area contributed by atoms with Crippen molar-refractivity contribution >= 4 is 24.0 Å². The topological polar surface area (TPSA) is 129 Å². The van der Waals surface area contributed by atoms with Gasteiger partial charge in [-0.15, -0.1) is 0 Å². The summed E-state index contributed by atoms with van der Waals surface area (Å²) in [6.07, 6.45) is 0.473. The van der Waals surface area contributed by atoms with Crippen molar-refractivity contribution < 1.29 is 28.7 Å². The molecular formula is C20H21N3O7. The number of nitrogens with zero attached hydrogens (tertiary/aromatic N) is 2. The minimum atomic E-state index is -0.869. The Bertz CT molecular complexity index is 981. The summed E-state index contributed by atoms with van der Waals surface area (Å²) in [5, 5.41) is 14.6. The number of rotatable bonds is 6. The van der Waals surface area contributed by atoms with Crippen molar-refractivity contribution in [1.82, 2.24) is 5.43 Å². The maximum atomic E-state index is 12.1. The van der Waals surface area contributed by atoms with Crippen LogP contribution in [-0.4, -0.2) is 35.9 Å². The first-order valence-corrected chi connectivity index (χ1v) is 8.76. The molecule has 2 aromatic rings. The summed E-state index contributed by atoms with van der Waals surface area (Å²) in [7, 11) is 1.41. The number of carbonyl (C=O) groups is 2. The first-order valence-electron chi connectivity index (χ1n) is 8.76. The average Bonchev–Trinajstić information content (AvgIpc) is 2.67. The number of benzene rings is 2. The number of ether oxygens (including phenoxy) is 3. The van der Waals surface area contributed by atoms with E-state index in [2.05, 4.69) is 10.5 Å². The minimum absolute atomic E-state index is 0.0973. The summed E-state index contributed by atoms with van der Waals surface area (Å²) in [6.45, 7) is 5.15. The van der Waals surface area contributed by atoms with Crippen LogP contribution < -0.4 is 14.9 Å². The smallest absolute Gasteiger partial charge is 0.493 e. The first kappa shape index (κ1) is 22.3. The Kier molecular flexibility index (Phi) is 7.08. The zero-order valence-electron chi connectivity index (χ0n) is 16.9. The van der Waals surface area contributed by atoms with Crippen molar-refractivity contribution in [3.8, 4) is 11.5 Å². The SMILES string of the molecule is COc1cc(/C=N/NC(=O)c2cccc([N+](=O)[O-])c2)ccc1OC(=O)OC(C)(C)C. The van der Waals surface area contributed by atoms with Crippen LogP contribution in [-0.2, 0) is 4.74 Å². The molecule has 0 aliphatic carbocycles. The molecule has 158 valence electrons. The molecule has 0 aliphatic rings. The fraction of sp³-hybridized carbons (Fsp3) is 0.250. The van der Waals surface area contributed by atoms with Crippen molar-refractivity contribution in [2.75, 3.05) is 7.11 Å². The van der Waals surface area contributed by atoms with Crippen LogP contribution in [0.4, 0.5) is 10.5 Å². The molecule has 0 aromatic heterocycles. The van der Waals surface area contributed by atoms with Gasteiger partial charge in [0.25, 0.3) is 11.6 Å². The van der Waals surface area contributed by atoms with E-state index in [1.807, 2.05) is 0 Å². The van der Waals surface area contributed by atoms with Crippen LogP contribution in [0, 0.1) is 10.1 Å². The third-order valence-electron chi connectivity index (χ3n) is 3.47. The second-order valence-corrected chi connectivity index (χ2v) is 6.98. The van der Waals surface area contributed by atoms with Gasteiger partial charge in [0, 0.05) is 17.7 Å². The molecule has 0 spiro atoms. The summed E-state index contributed by atoms with van der Waals surface area (Å²) in [5.74, 6) is -0.189. The zero-order chi connectivity index (χ0) is 22.3. The van der Waals surface area contributed by atoms with Crippen LogP contribution in [0.3, 0.4) is 0 Å². The molecule has 30 heavy (non-hydrogen) atoms. The number of non-ortho nitro benzene ring substituents is 1. The maximum absolute atomic E-state index is 12.1. The standard InChI is InChI=1S/C20H21N3O7/c1-20(2,3)30-19(25)29-16-9-8-13(10-17(16)28-4)12-21-22-18(24)14-6-5-7-15(11-14)23(26)27/h5-12H,1-4H3,(H,22,24)/b21-12+. The van der Waals surface area contributed by atoms with Gasteiger partial charge >= 0.3 is 6.16 Å². The van der Waals surface area contributed by atoms with Gasteiger partial charge in [-0.3, -0.25) is 14.9 Å². The van der Waals surface area contributed by atoms with E-state index in [1.54, 1.807) is 32.9 Å². The summed E-state index contributed by atoms with van der Waals surface area (Å²) in [5.41, 5.74) is 2.03. The van der Waals surface area contributed by atoms with E-state index in [4.69, 9.17) is 14.2 Å². The molecule has 2 aromatic carbocycles. The molecule has 0 bridgehead atoms. The number of hydrazone groups is 1. The van der Waals surface area contributed by atoms with Crippen LogP contribution in [0.5, 0.6) is 11.5 Å². The van der Waals surface area contributed by atoms with Gasteiger partial charge in [-0.1, -0.05) is 6.07 Å². The number of carbonyl (C=O) groups excluding carboxylic acids is 2. The van der Waals surface area contributed by atoms with Crippen LogP contribution in [0.2, 0.25) is 0 Å². The van der Waals surface area contributed by atoms with Crippen LogP contribution in [0.25, 0.3) is 0 Å². The Morgan fingerprint density at radius 3 is 2.50 bits per heavy atom. The quantitative estimate of drug-likeness (QED) is 0.250. The van der Waals surface area contributed by atoms with E-state index < -0.39 is 22.6 Å². The van der Waals surface area contributed by atoms with Gasteiger partial charge in [0.1, 0.15) is 5.60 Å². The second kappa shape index (κ2) is 9.50. The highest BCUT2D eigenvalue weighted by molar-refractivity contribution is 5.95. The fourth-order valence-corrected chi connectivity index (χ4v) is 2.20. The Hall–Kier alpha value is -3.95. The van der Waals surface area contributed by atoms with Crippen molar-refractivity contribution in [2.24, 2.45) is 5.10 Å². The Morgan fingerprint density at radius 1 is 1.13 bits per heavy atom. The lowest BCUT2D eigenvalue weighted by molar-refractivity contribution is -0.384. The molecule has 2 rings (SSSR count). The van der Waals surface area contributed by atoms with Gasteiger partial charge in [-0.25, -0.2) is 10.2 Å². The summed E-state index contributed by atoms with van der Waals surface area (Å²) < 4.78 is 15.4. The van der Waals surface area contributed by atoms with E-state index in [-0.39, 0.29) is 22.7 Å². The van der Waals surface area contributed by atoms with Gasteiger partial charge in [0.05, 0.1) is 18.2 Å². The molecule has 0 fully saturated rings. The predicted octanol–water partition coefficient (Wildman–Crippen LogP) is 3.68. The zero-order valence-corrected chi connectivity index (χ0v) is 16.9. The van der Waals surface area contributed by atoms with Gasteiger partial charge in [-0.2, -0.15) is 5.10 Å². The number of amides is 1. The molecule has 0 heterocycles. The lowest BCUT2D eigenvalue weighted by Gasteiger charge is -2.19. The van der Waals surface area contributed by atoms with Crippen LogP contribution in [0.15, 0.2) is 47.6 Å². The van der Waals surface area contributed by atoms with Gasteiger partial charge in [0.15, 0.2) is 11.5 Å². The summed E-state index contributed by atoms with van der Waals surface area (Å²) >= 11 is 0. The summed E-state index contributed by atoms with van der Waals surface area (Å²) in [6, 6.07) is 9.90. The van der Waals surface area contributed by atoms with E-state index in [0.717, 1.165) is 6.07 Å². The van der Waals surface area contributed by atoms with Crippen molar-refractivity contribution in [1.29, 1.82) is 0 Å². The maximum Gasteiger partial charge on any atom is 0.514 e. The molecule has 0 radical (unpaired) electrons. The Labute approximate surface area is 172 Å². The normalized spacial score (nSPS) is 11.1. The molecule has 0 atom stereocenters. The largest absolute Gasteiger partial charge is 0.514 e. The van der Waals surface area contributed by atoms with Crippen LogP contribution >= 0.6 is 0 Å². The Balaban J connectivity index is 2.05. The molecule has 0 aliphatic heterocycles. The number of hydrogen-bond acceptors (Lipinski definition) is 8. The first-order chi connectivity index (χ1) is 14.1. The second-order valence-electron chi connectivity index (χ2n) is 6.98. The number of hydrogen-bond donors (Lipinski definition) is 1. The third kappa shape index (κ3) is 6.59. The monoisotopic (exact) mass is 415 g/mol. The number of nitro benzene ring substituents is 1. The van der Waals surface area contributed by atoms with Crippen molar-refractivity contribution in [2.45, 2.75) is 26.4 Å². The predicted molar refractivity (Wildman–Crippen MR) is 108 cm³/mol. The lowest BCUT2D eigenvalue weighted by atomic mass is 10.2. The minimum Gasteiger partial charge on any atom is -0.493 e. The molecule has 10 nitrogen and oxygen atoms in total. The molecule has 10 heteroatoms. The molecule has 1 amide bonds. The highest BCUT2D eigenvalue weighted by atomic mass is 16.7. The fourth-order valence-electron chi connectivity index (χ4n) is 2.20. The Morgan fingerprint density at radius 2 is 1.87 bits per heavy atom. The van der Waals surface area contributed by atoms with E-state index >= 15 is 0 Å². The van der Waals surface area contributed by atoms with Crippen molar-refractivity contribution in [3.63, 3.8) is 0 Å². The average molecular weight is 415 g/mol. The van der Waals surface area contributed by atoms with E-state index in [0.29, 0.717) is 5.56 Å². The molecule has 1 N–H and O–H groups in total. The number of nitrogens with one attached hydrogen (secondary N) is 1. The molecule has 0 saturated heterocycles. The van der Waals surface area contributed by atoms with E-state index in [9.17, 15) is 19.7 Å². The highest BCUT2D eigenvalue weighted by Gasteiger charge is 2.19. The van der Waals surface area contributed by atoms with Gasteiger partial charge in [-0.05, 0) is 50.6 Å². The molecule has 0 unspecified atom stereocenters. The molecule has 0 saturated carbocycles. The van der Waals surface area contributed by atoms with E-state index in [1.165, 1.54) is 37.6 Å². The van der Waals surface area contributed by atoms with Crippen molar-refractivity contribution in [3.05, 3.63) is 63.7 Å². The van der Waals surface area contributed by atoms with Gasteiger partial charge < -0.3 is 14.2 Å². The summed E-state index contributed by atoms with van der Waals surface area (Å²) in [4.78, 5) is 34.1. The highest BCUT2D eigenvalue weighted by Crippen LogP contribution is 2.28. The number of nitro groups is 1. The number of methoxy groups -OCH3 is 1. The third-order valence-corrected chi connectivity index (χ3v) is 3.47. The van der Waals surface area contributed by atoms with Crippen LogP contribution in [0.1, 0.15) is 36.7 Å².